The molecule has 0 aliphatic carbocycles. The molecule has 1 aliphatic rings. The summed E-state index contributed by atoms with van der Waals surface area (Å²) in [4.78, 5) is 12.3. The standard InChI is InChI=1S/C14H28N2O2/c1-3-14(7-5-8-15-11-14)13(18)16-9-4-6-12(2)10-17/h12,15,17H,3-11H2,1-2H3,(H,16,18). The summed E-state index contributed by atoms with van der Waals surface area (Å²) in [5.41, 5.74) is -0.194. The second kappa shape index (κ2) is 7.74. The van der Waals surface area contributed by atoms with Gasteiger partial charge < -0.3 is 15.7 Å². The Balaban J connectivity index is 2.29. The summed E-state index contributed by atoms with van der Waals surface area (Å²) in [6.07, 6.45) is 4.89. The van der Waals surface area contributed by atoms with Crippen molar-refractivity contribution in [3.63, 3.8) is 0 Å². The predicted octanol–water partition coefficient (Wildman–Crippen LogP) is 1.29. The molecular formula is C14H28N2O2. The molecule has 0 aromatic rings. The minimum Gasteiger partial charge on any atom is -0.396 e. The molecule has 106 valence electrons. The van der Waals surface area contributed by atoms with Gasteiger partial charge in [-0.1, -0.05) is 13.8 Å². The van der Waals surface area contributed by atoms with Crippen molar-refractivity contribution in [3.8, 4) is 0 Å². The van der Waals surface area contributed by atoms with E-state index in [2.05, 4.69) is 17.6 Å². The summed E-state index contributed by atoms with van der Waals surface area (Å²) in [6.45, 7) is 6.92. The lowest BCUT2D eigenvalue weighted by atomic mass is 9.77. The maximum absolute atomic E-state index is 12.3. The van der Waals surface area contributed by atoms with Gasteiger partial charge in [0.1, 0.15) is 0 Å². The average molecular weight is 256 g/mol. The fourth-order valence-electron chi connectivity index (χ4n) is 2.56. The monoisotopic (exact) mass is 256 g/mol. The Morgan fingerprint density at radius 2 is 2.33 bits per heavy atom. The third-order valence-electron chi connectivity index (χ3n) is 4.10. The first-order chi connectivity index (χ1) is 8.64. The summed E-state index contributed by atoms with van der Waals surface area (Å²) in [5.74, 6) is 0.534. The van der Waals surface area contributed by atoms with Crippen molar-refractivity contribution in [3.05, 3.63) is 0 Å². The maximum Gasteiger partial charge on any atom is 0.227 e. The van der Waals surface area contributed by atoms with Crippen LogP contribution in [0.3, 0.4) is 0 Å². The maximum atomic E-state index is 12.3. The Hall–Kier alpha value is -0.610. The van der Waals surface area contributed by atoms with E-state index in [1.165, 1.54) is 0 Å². The van der Waals surface area contributed by atoms with E-state index >= 15 is 0 Å². The zero-order valence-corrected chi connectivity index (χ0v) is 11.8. The summed E-state index contributed by atoms with van der Waals surface area (Å²) >= 11 is 0. The lowest BCUT2D eigenvalue weighted by Crippen LogP contribution is -2.50. The van der Waals surface area contributed by atoms with Gasteiger partial charge in [-0.2, -0.15) is 0 Å². The van der Waals surface area contributed by atoms with Crippen molar-refractivity contribution in [1.82, 2.24) is 10.6 Å². The first-order valence-corrected chi connectivity index (χ1v) is 7.24. The Labute approximate surface area is 111 Å². The van der Waals surface area contributed by atoms with Crippen LogP contribution in [0.15, 0.2) is 0 Å². The topological polar surface area (TPSA) is 61.4 Å². The highest BCUT2D eigenvalue weighted by molar-refractivity contribution is 5.82. The van der Waals surface area contributed by atoms with Gasteiger partial charge in [-0.05, 0) is 44.6 Å². The first kappa shape index (κ1) is 15.4. The molecule has 1 aliphatic heterocycles. The first-order valence-electron chi connectivity index (χ1n) is 7.24. The van der Waals surface area contributed by atoms with Crippen molar-refractivity contribution in [1.29, 1.82) is 0 Å². The molecule has 4 nitrogen and oxygen atoms in total. The lowest BCUT2D eigenvalue weighted by Gasteiger charge is -2.35. The largest absolute Gasteiger partial charge is 0.396 e. The van der Waals surface area contributed by atoms with Crippen molar-refractivity contribution >= 4 is 5.91 Å². The van der Waals surface area contributed by atoms with E-state index in [9.17, 15) is 4.79 Å². The third-order valence-corrected chi connectivity index (χ3v) is 4.10. The van der Waals surface area contributed by atoms with Gasteiger partial charge in [-0.3, -0.25) is 4.79 Å². The zero-order chi connectivity index (χ0) is 13.4. The van der Waals surface area contributed by atoms with E-state index < -0.39 is 0 Å². The normalized spacial score (nSPS) is 25.7. The number of hydrogen-bond acceptors (Lipinski definition) is 3. The quantitative estimate of drug-likeness (QED) is 0.602. The van der Waals surface area contributed by atoms with E-state index in [1.54, 1.807) is 0 Å². The molecule has 1 saturated heterocycles. The van der Waals surface area contributed by atoms with Gasteiger partial charge in [-0.25, -0.2) is 0 Å². The molecule has 1 heterocycles. The number of piperidine rings is 1. The molecule has 18 heavy (non-hydrogen) atoms. The highest BCUT2D eigenvalue weighted by Crippen LogP contribution is 2.30. The molecule has 0 aromatic heterocycles. The molecule has 3 N–H and O–H groups in total. The van der Waals surface area contributed by atoms with E-state index in [1.807, 2.05) is 6.92 Å². The lowest BCUT2D eigenvalue weighted by molar-refractivity contribution is -0.132. The summed E-state index contributed by atoms with van der Waals surface area (Å²) in [7, 11) is 0. The minimum absolute atomic E-state index is 0.194. The second-order valence-corrected chi connectivity index (χ2v) is 5.60. The summed E-state index contributed by atoms with van der Waals surface area (Å²) in [5, 5.41) is 15.3. The highest BCUT2D eigenvalue weighted by Gasteiger charge is 2.37. The Bertz CT molecular complexity index is 250. The number of amides is 1. The molecular weight excluding hydrogens is 228 g/mol. The van der Waals surface area contributed by atoms with Crippen molar-refractivity contribution in [2.75, 3.05) is 26.2 Å². The van der Waals surface area contributed by atoms with Gasteiger partial charge >= 0.3 is 0 Å². The number of carbonyl (C=O) groups excluding carboxylic acids is 1. The van der Waals surface area contributed by atoms with Crippen LogP contribution in [0.2, 0.25) is 0 Å². The van der Waals surface area contributed by atoms with Crippen LogP contribution >= 0.6 is 0 Å². The van der Waals surface area contributed by atoms with Crippen LogP contribution in [0.4, 0.5) is 0 Å². The van der Waals surface area contributed by atoms with E-state index in [0.717, 1.165) is 51.7 Å². The summed E-state index contributed by atoms with van der Waals surface area (Å²) < 4.78 is 0. The predicted molar refractivity (Wildman–Crippen MR) is 73.3 cm³/mol. The van der Waals surface area contributed by atoms with E-state index in [4.69, 9.17) is 5.11 Å². The molecule has 1 rings (SSSR count). The van der Waals surface area contributed by atoms with Gasteiger partial charge in [0, 0.05) is 19.7 Å². The SMILES string of the molecule is CCC1(C(=O)NCCCC(C)CO)CCCNC1. The van der Waals surface area contributed by atoms with Crippen LogP contribution in [0, 0.1) is 11.3 Å². The molecule has 0 saturated carbocycles. The van der Waals surface area contributed by atoms with Crippen molar-refractivity contribution in [2.45, 2.75) is 46.0 Å². The fraction of sp³-hybridized carbons (Fsp3) is 0.929. The second-order valence-electron chi connectivity index (χ2n) is 5.60. The van der Waals surface area contributed by atoms with Crippen molar-refractivity contribution in [2.24, 2.45) is 11.3 Å². The van der Waals surface area contributed by atoms with Gasteiger partial charge in [0.05, 0.1) is 5.41 Å². The van der Waals surface area contributed by atoms with Crippen LogP contribution in [-0.4, -0.2) is 37.3 Å². The fourth-order valence-corrected chi connectivity index (χ4v) is 2.56. The summed E-state index contributed by atoms with van der Waals surface area (Å²) in [6, 6.07) is 0. The molecule has 4 heteroatoms. The van der Waals surface area contributed by atoms with Crippen LogP contribution < -0.4 is 10.6 Å². The molecule has 1 amide bonds. The van der Waals surface area contributed by atoms with Gasteiger partial charge in [-0.15, -0.1) is 0 Å². The van der Waals surface area contributed by atoms with Crippen LogP contribution in [-0.2, 0) is 4.79 Å². The van der Waals surface area contributed by atoms with E-state index in [-0.39, 0.29) is 17.9 Å². The van der Waals surface area contributed by atoms with E-state index in [0.29, 0.717) is 5.92 Å². The Morgan fingerprint density at radius 1 is 1.56 bits per heavy atom. The van der Waals surface area contributed by atoms with Crippen LogP contribution in [0.5, 0.6) is 0 Å². The number of carbonyl (C=O) groups is 1. The number of nitrogens with one attached hydrogen (secondary N) is 2. The van der Waals surface area contributed by atoms with Crippen molar-refractivity contribution < 1.29 is 9.90 Å². The van der Waals surface area contributed by atoms with Gasteiger partial charge in [0.25, 0.3) is 0 Å². The smallest absolute Gasteiger partial charge is 0.227 e. The molecule has 1 fully saturated rings. The number of hydrogen-bond donors (Lipinski definition) is 3. The number of aliphatic hydroxyl groups excluding tert-OH is 1. The van der Waals surface area contributed by atoms with Crippen LogP contribution in [0.25, 0.3) is 0 Å². The molecule has 0 aromatic carbocycles. The Morgan fingerprint density at radius 3 is 2.89 bits per heavy atom. The van der Waals surface area contributed by atoms with Gasteiger partial charge in [0.15, 0.2) is 0 Å². The molecule has 0 spiro atoms. The zero-order valence-electron chi connectivity index (χ0n) is 11.8. The number of rotatable bonds is 7. The van der Waals surface area contributed by atoms with Gasteiger partial charge in [0.2, 0.25) is 5.91 Å². The molecule has 0 bridgehead atoms. The Kier molecular flexibility index (Phi) is 6.65. The highest BCUT2D eigenvalue weighted by atomic mass is 16.3. The molecule has 0 radical (unpaired) electrons. The third kappa shape index (κ3) is 4.25. The van der Waals surface area contributed by atoms with Crippen LogP contribution in [0.1, 0.15) is 46.0 Å². The molecule has 2 unspecified atom stereocenters. The molecule has 2 atom stereocenters. The average Bonchev–Trinajstić information content (AvgIpc) is 2.43. The minimum atomic E-state index is -0.194. The number of aliphatic hydroxyl groups is 1.